The Hall–Kier alpha value is 0.180. The summed E-state index contributed by atoms with van der Waals surface area (Å²) >= 11 is 7.38. The standard InChI is InChI=1S/C14H16Br2/c15-10-6-4-9(5-7-10)8-13(16)14-11-2-1-3-12(11)14/h4-7,11-14H,1-3,8H2. The van der Waals surface area contributed by atoms with E-state index in [4.69, 9.17) is 0 Å². The Kier molecular flexibility index (Phi) is 3.14. The first-order chi connectivity index (χ1) is 7.75. The molecule has 0 spiro atoms. The molecule has 1 aromatic carbocycles. The Morgan fingerprint density at radius 2 is 1.75 bits per heavy atom. The lowest BCUT2D eigenvalue weighted by Crippen LogP contribution is -2.09. The first-order valence-corrected chi connectivity index (χ1v) is 7.85. The van der Waals surface area contributed by atoms with Crippen molar-refractivity contribution < 1.29 is 0 Å². The second kappa shape index (κ2) is 4.45. The van der Waals surface area contributed by atoms with Crippen molar-refractivity contribution in [3.8, 4) is 0 Å². The zero-order valence-corrected chi connectivity index (χ0v) is 12.4. The molecule has 0 nitrogen and oxygen atoms in total. The molecule has 3 unspecified atom stereocenters. The largest absolute Gasteiger partial charge is 0.0884 e. The van der Waals surface area contributed by atoms with E-state index < -0.39 is 0 Å². The monoisotopic (exact) mass is 342 g/mol. The summed E-state index contributed by atoms with van der Waals surface area (Å²) < 4.78 is 1.17. The van der Waals surface area contributed by atoms with Crippen molar-refractivity contribution >= 4 is 31.9 Å². The van der Waals surface area contributed by atoms with Crippen LogP contribution in [0.5, 0.6) is 0 Å². The molecule has 86 valence electrons. The fourth-order valence-corrected chi connectivity index (χ4v) is 4.82. The van der Waals surface area contributed by atoms with Crippen molar-refractivity contribution in [2.24, 2.45) is 17.8 Å². The molecule has 0 saturated heterocycles. The molecular formula is C14H16Br2. The molecule has 2 aliphatic rings. The van der Waals surface area contributed by atoms with Crippen LogP contribution in [0.25, 0.3) is 0 Å². The highest BCUT2D eigenvalue weighted by atomic mass is 79.9. The first-order valence-electron chi connectivity index (χ1n) is 6.14. The maximum atomic E-state index is 3.90. The molecule has 3 atom stereocenters. The van der Waals surface area contributed by atoms with Crippen LogP contribution in [0.15, 0.2) is 28.7 Å². The third kappa shape index (κ3) is 2.11. The van der Waals surface area contributed by atoms with Crippen LogP contribution in [-0.4, -0.2) is 4.83 Å². The van der Waals surface area contributed by atoms with Gasteiger partial charge in [-0.05, 0) is 54.7 Å². The van der Waals surface area contributed by atoms with E-state index in [-0.39, 0.29) is 0 Å². The van der Waals surface area contributed by atoms with Gasteiger partial charge in [0, 0.05) is 9.30 Å². The molecule has 2 fully saturated rings. The van der Waals surface area contributed by atoms with Crippen molar-refractivity contribution in [3.05, 3.63) is 34.3 Å². The van der Waals surface area contributed by atoms with Gasteiger partial charge in [0.1, 0.15) is 0 Å². The minimum Gasteiger partial charge on any atom is -0.0884 e. The molecule has 2 aliphatic carbocycles. The predicted octanol–water partition coefficient (Wildman–Crippen LogP) is 4.80. The van der Waals surface area contributed by atoms with Gasteiger partial charge in [-0.2, -0.15) is 0 Å². The van der Waals surface area contributed by atoms with Gasteiger partial charge >= 0.3 is 0 Å². The molecule has 16 heavy (non-hydrogen) atoms. The molecule has 0 amide bonds. The van der Waals surface area contributed by atoms with Gasteiger partial charge in [-0.25, -0.2) is 0 Å². The minimum absolute atomic E-state index is 0.698. The highest BCUT2D eigenvalue weighted by Gasteiger charge is 2.54. The molecule has 0 aliphatic heterocycles. The fourth-order valence-electron chi connectivity index (χ4n) is 3.40. The maximum Gasteiger partial charge on any atom is 0.0219 e. The van der Waals surface area contributed by atoms with Crippen molar-refractivity contribution in [2.45, 2.75) is 30.5 Å². The molecular weight excluding hydrogens is 328 g/mol. The number of hydrogen-bond donors (Lipinski definition) is 0. The minimum atomic E-state index is 0.698. The zero-order valence-electron chi connectivity index (χ0n) is 9.20. The van der Waals surface area contributed by atoms with Crippen LogP contribution < -0.4 is 0 Å². The topological polar surface area (TPSA) is 0 Å². The van der Waals surface area contributed by atoms with Gasteiger partial charge in [-0.3, -0.25) is 0 Å². The summed E-state index contributed by atoms with van der Waals surface area (Å²) in [5.74, 6) is 3.08. The van der Waals surface area contributed by atoms with Crippen LogP contribution in [0.4, 0.5) is 0 Å². The van der Waals surface area contributed by atoms with E-state index in [1.165, 1.54) is 35.7 Å². The SMILES string of the molecule is Brc1ccc(CC(Br)C2C3CCCC32)cc1. The van der Waals surface area contributed by atoms with E-state index in [1.807, 2.05) is 0 Å². The number of fused-ring (bicyclic) bond motifs is 1. The second-order valence-electron chi connectivity index (χ2n) is 5.18. The Morgan fingerprint density at radius 1 is 1.12 bits per heavy atom. The van der Waals surface area contributed by atoms with E-state index in [0.29, 0.717) is 4.83 Å². The second-order valence-corrected chi connectivity index (χ2v) is 7.27. The Morgan fingerprint density at radius 3 is 2.38 bits per heavy atom. The Balaban J connectivity index is 1.60. The van der Waals surface area contributed by atoms with Crippen LogP contribution in [0.1, 0.15) is 24.8 Å². The van der Waals surface area contributed by atoms with Crippen molar-refractivity contribution in [1.29, 1.82) is 0 Å². The van der Waals surface area contributed by atoms with Crippen molar-refractivity contribution in [2.75, 3.05) is 0 Å². The highest BCUT2D eigenvalue weighted by molar-refractivity contribution is 9.10. The van der Waals surface area contributed by atoms with Gasteiger partial charge < -0.3 is 0 Å². The lowest BCUT2D eigenvalue weighted by molar-refractivity contribution is 0.569. The molecule has 0 radical (unpaired) electrons. The first kappa shape index (κ1) is 11.3. The molecule has 3 rings (SSSR count). The van der Waals surface area contributed by atoms with Crippen LogP contribution in [0, 0.1) is 17.8 Å². The van der Waals surface area contributed by atoms with Crippen LogP contribution >= 0.6 is 31.9 Å². The normalized spacial score (nSPS) is 33.5. The van der Waals surface area contributed by atoms with Gasteiger partial charge in [0.05, 0.1) is 0 Å². The summed E-state index contributed by atoms with van der Waals surface area (Å²) in [5, 5.41) is 0. The van der Waals surface area contributed by atoms with Gasteiger partial charge in [0.25, 0.3) is 0 Å². The lowest BCUT2D eigenvalue weighted by Gasteiger charge is -2.11. The van der Waals surface area contributed by atoms with Crippen LogP contribution in [0.2, 0.25) is 0 Å². The third-order valence-corrected chi connectivity index (χ3v) is 5.70. The third-order valence-electron chi connectivity index (χ3n) is 4.23. The number of halogens is 2. The Labute approximate surface area is 114 Å². The molecule has 2 saturated carbocycles. The predicted molar refractivity (Wildman–Crippen MR) is 74.9 cm³/mol. The van der Waals surface area contributed by atoms with Crippen LogP contribution in [0.3, 0.4) is 0 Å². The smallest absolute Gasteiger partial charge is 0.0219 e. The number of hydrogen-bond acceptors (Lipinski definition) is 0. The molecule has 0 bridgehead atoms. The molecule has 0 N–H and O–H groups in total. The lowest BCUT2D eigenvalue weighted by atomic mass is 10.0. The molecule has 1 aromatic rings. The van der Waals surface area contributed by atoms with Crippen molar-refractivity contribution in [3.63, 3.8) is 0 Å². The van der Waals surface area contributed by atoms with E-state index in [1.54, 1.807) is 0 Å². The number of rotatable bonds is 3. The summed E-state index contributed by atoms with van der Waals surface area (Å²) in [5.41, 5.74) is 1.45. The molecule has 2 heteroatoms. The zero-order chi connectivity index (χ0) is 11.1. The Bertz CT molecular complexity index is 361. The number of alkyl halides is 1. The van der Waals surface area contributed by atoms with Gasteiger partial charge in [0.15, 0.2) is 0 Å². The highest BCUT2D eigenvalue weighted by Crippen LogP contribution is 2.60. The van der Waals surface area contributed by atoms with E-state index in [2.05, 4.69) is 56.1 Å². The van der Waals surface area contributed by atoms with Gasteiger partial charge in [0.2, 0.25) is 0 Å². The van der Waals surface area contributed by atoms with Gasteiger partial charge in [-0.1, -0.05) is 50.4 Å². The summed E-state index contributed by atoms with van der Waals surface area (Å²) in [7, 11) is 0. The van der Waals surface area contributed by atoms with E-state index in [0.717, 1.165) is 17.8 Å². The number of benzene rings is 1. The van der Waals surface area contributed by atoms with Crippen LogP contribution in [-0.2, 0) is 6.42 Å². The van der Waals surface area contributed by atoms with E-state index in [9.17, 15) is 0 Å². The van der Waals surface area contributed by atoms with E-state index >= 15 is 0 Å². The average molecular weight is 344 g/mol. The molecule has 0 aromatic heterocycles. The summed E-state index contributed by atoms with van der Waals surface area (Å²) in [6.45, 7) is 0. The summed E-state index contributed by atoms with van der Waals surface area (Å²) in [6, 6.07) is 8.75. The quantitative estimate of drug-likeness (QED) is 0.691. The maximum absolute atomic E-state index is 3.90. The fraction of sp³-hybridized carbons (Fsp3) is 0.571. The summed E-state index contributed by atoms with van der Waals surface area (Å²) in [6.07, 6.45) is 5.63. The summed E-state index contributed by atoms with van der Waals surface area (Å²) in [4.78, 5) is 0.698. The van der Waals surface area contributed by atoms with Crippen molar-refractivity contribution in [1.82, 2.24) is 0 Å². The average Bonchev–Trinajstić information content (AvgIpc) is 2.76. The molecule has 0 heterocycles. The van der Waals surface area contributed by atoms with Gasteiger partial charge in [-0.15, -0.1) is 0 Å².